The Balaban J connectivity index is 1.49. The van der Waals surface area contributed by atoms with Crippen molar-refractivity contribution >= 4 is 35.2 Å². The Kier molecular flexibility index (Phi) is 8.77. The Hall–Kier alpha value is -0.954. The second-order valence-corrected chi connectivity index (χ2v) is 11.5. The molecule has 0 aromatic heterocycles. The second-order valence-electron chi connectivity index (χ2n) is 8.82. The molecule has 0 unspecified atom stereocenters. The molecule has 3 fully saturated rings. The molecular formula is C21H33GaO6. The van der Waals surface area contributed by atoms with Crippen LogP contribution in [0.1, 0.15) is 96.3 Å². The molecule has 0 radical (unpaired) electrons. The van der Waals surface area contributed by atoms with E-state index in [0.29, 0.717) is 37.0 Å². The number of rotatable bonds is 9. The molecule has 0 aliphatic heterocycles. The van der Waals surface area contributed by atoms with Crippen molar-refractivity contribution < 1.29 is 25.0 Å². The summed E-state index contributed by atoms with van der Waals surface area (Å²) in [6.45, 7) is 0. The molecule has 0 aromatic rings. The Morgan fingerprint density at radius 2 is 0.786 bits per heavy atom. The third kappa shape index (κ3) is 7.46. The monoisotopic (exact) mass is 450 g/mol. The second kappa shape index (κ2) is 11.3. The molecule has 0 heterocycles. The van der Waals surface area contributed by atoms with Gasteiger partial charge in [-0.1, -0.05) is 0 Å². The first kappa shape index (κ1) is 21.7. The van der Waals surface area contributed by atoms with E-state index in [4.69, 9.17) is 10.6 Å². The van der Waals surface area contributed by atoms with E-state index in [9.17, 15) is 14.4 Å². The van der Waals surface area contributed by atoms with Gasteiger partial charge in [-0.3, -0.25) is 0 Å². The molecule has 0 saturated heterocycles. The van der Waals surface area contributed by atoms with Crippen LogP contribution in [0.5, 0.6) is 0 Å². The number of hydrogen-bond acceptors (Lipinski definition) is 6. The van der Waals surface area contributed by atoms with Crippen LogP contribution in [0.4, 0.5) is 0 Å². The van der Waals surface area contributed by atoms with Crippen LogP contribution in [-0.4, -0.2) is 35.2 Å². The summed E-state index contributed by atoms with van der Waals surface area (Å²) >= 11 is -3.70. The van der Waals surface area contributed by atoms with Gasteiger partial charge in [-0.2, -0.15) is 0 Å². The van der Waals surface area contributed by atoms with Crippen molar-refractivity contribution in [2.45, 2.75) is 96.3 Å². The van der Waals surface area contributed by atoms with Crippen LogP contribution in [0, 0.1) is 17.8 Å². The van der Waals surface area contributed by atoms with Gasteiger partial charge in [0.25, 0.3) is 0 Å². The molecule has 3 saturated carbocycles. The third-order valence-electron chi connectivity index (χ3n) is 6.47. The van der Waals surface area contributed by atoms with Crippen LogP contribution in [0.25, 0.3) is 0 Å². The fraction of sp³-hybridized carbons (Fsp3) is 0.857. The predicted molar refractivity (Wildman–Crippen MR) is 104 cm³/mol. The summed E-state index contributed by atoms with van der Waals surface area (Å²) in [5.74, 6) is -0.0884. The van der Waals surface area contributed by atoms with E-state index in [-0.39, 0.29) is 17.9 Å². The Bertz CT molecular complexity index is 457. The van der Waals surface area contributed by atoms with E-state index in [1.807, 2.05) is 0 Å². The summed E-state index contributed by atoms with van der Waals surface area (Å²) in [4.78, 5) is 36.9. The van der Waals surface area contributed by atoms with E-state index in [2.05, 4.69) is 0 Å². The molecule has 0 N–H and O–H groups in total. The molecular weight excluding hydrogens is 418 g/mol. The molecule has 3 aliphatic carbocycles. The van der Waals surface area contributed by atoms with Crippen molar-refractivity contribution in [3.8, 4) is 0 Å². The maximum absolute atomic E-state index is 12.3. The van der Waals surface area contributed by atoms with E-state index in [1.165, 1.54) is 0 Å². The first-order valence-corrected chi connectivity index (χ1v) is 14.1. The maximum atomic E-state index is 12.3. The van der Waals surface area contributed by atoms with Crippen molar-refractivity contribution in [1.29, 1.82) is 0 Å². The van der Waals surface area contributed by atoms with E-state index in [0.717, 1.165) is 77.0 Å². The van der Waals surface area contributed by atoms with Gasteiger partial charge in [0.05, 0.1) is 0 Å². The molecule has 3 aliphatic rings. The van der Waals surface area contributed by atoms with Gasteiger partial charge < -0.3 is 0 Å². The van der Waals surface area contributed by atoms with Gasteiger partial charge in [-0.15, -0.1) is 0 Å². The minimum absolute atomic E-state index is 0.335. The summed E-state index contributed by atoms with van der Waals surface area (Å²) in [5.41, 5.74) is 0. The van der Waals surface area contributed by atoms with E-state index in [1.54, 1.807) is 0 Å². The normalized spacial score (nSPS) is 21.0. The molecule has 0 amide bonds. The van der Waals surface area contributed by atoms with Gasteiger partial charge in [0, 0.05) is 0 Å². The molecule has 0 bridgehead atoms. The average Bonchev–Trinajstić information content (AvgIpc) is 3.37. The first-order valence-electron chi connectivity index (χ1n) is 11.2. The molecule has 7 heteroatoms. The van der Waals surface area contributed by atoms with Crippen LogP contribution < -0.4 is 0 Å². The molecule has 0 atom stereocenters. The topological polar surface area (TPSA) is 78.9 Å². The van der Waals surface area contributed by atoms with Crippen LogP contribution in [0.15, 0.2) is 0 Å². The Morgan fingerprint density at radius 1 is 0.536 bits per heavy atom. The molecule has 28 heavy (non-hydrogen) atoms. The van der Waals surface area contributed by atoms with Crippen LogP contribution in [0.3, 0.4) is 0 Å². The zero-order valence-corrected chi connectivity index (χ0v) is 19.3. The van der Waals surface area contributed by atoms with Gasteiger partial charge in [0.15, 0.2) is 0 Å². The zero-order chi connectivity index (χ0) is 19.8. The van der Waals surface area contributed by atoms with Gasteiger partial charge in [0.2, 0.25) is 0 Å². The molecule has 156 valence electrons. The zero-order valence-electron chi connectivity index (χ0n) is 16.9. The summed E-state index contributed by atoms with van der Waals surface area (Å²) in [6.07, 6.45) is 14.1. The van der Waals surface area contributed by atoms with Gasteiger partial charge in [-0.25, -0.2) is 0 Å². The summed E-state index contributed by atoms with van der Waals surface area (Å²) in [6, 6.07) is 0. The standard InChI is InChI=1S/3C7H12O2.Ga/c3*8-7(9)5-6-3-1-2-4-6;/h3*6H,1-5H2,(H,8,9);/q;;;+3/p-3. The molecule has 6 nitrogen and oxygen atoms in total. The van der Waals surface area contributed by atoms with Crippen molar-refractivity contribution in [2.24, 2.45) is 17.8 Å². The molecule has 3 rings (SSSR count). The van der Waals surface area contributed by atoms with Crippen molar-refractivity contribution in [2.75, 3.05) is 0 Å². The van der Waals surface area contributed by atoms with Gasteiger partial charge >= 0.3 is 174 Å². The SMILES string of the molecule is O=C(CC1CCCC1)[O][Ga]([O]C(=O)CC1CCCC1)[O]C(=O)CC1CCCC1. The summed E-state index contributed by atoms with van der Waals surface area (Å²) in [5, 5.41) is 0. The summed E-state index contributed by atoms with van der Waals surface area (Å²) < 4.78 is 16.3. The quantitative estimate of drug-likeness (QED) is 0.486. The van der Waals surface area contributed by atoms with Crippen molar-refractivity contribution in [3.05, 3.63) is 0 Å². The fourth-order valence-corrected chi connectivity index (χ4v) is 7.15. The average molecular weight is 451 g/mol. The van der Waals surface area contributed by atoms with E-state index >= 15 is 0 Å². The third-order valence-corrected chi connectivity index (χ3v) is 9.34. The predicted octanol–water partition coefficient (Wildman–Crippen LogP) is 4.34. The van der Waals surface area contributed by atoms with Crippen LogP contribution in [0.2, 0.25) is 0 Å². The molecule has 0 spiro atoms. The number of carbonyl (C=O) groups is 3. The van der Waals surface area contributed by atoms with Crippen molar-refractivity contribution in [3.63, 3.8) is 0 Å². The summed E-state index contributed by atoms with van der Waals surface area (Å²) in [7, 11) is 0. The first-order chi connectivity index (χ1) is 13.6. The Morgan fingerprint density at radius 3 is 1.04 bits per heavy atom. The number of hydrogen-bond donors (Lipinski definition) is 0. The Labute approximate surface area is 174 Å². The van der Waals surface area contributed by atoms with Crippen molar-refractivity contribution in [1.82, 2.24) is 0 Å². The van der Waals surface area contributed by atoms with E-state index < -0.39 is 17.3 Å². The van der Waals surface area contributed by atoms with Crippen LogP contribution >= 0.6 is 0 Å². The van der Waals surface area contributed by atoms with Gasteiger partial charge in [-0.05, 0) is 0 Å². The van der Waals surface area contributed by atoms with Gasteiger partial charge in [0.1, 0.15) is 0 Å². The number of carbonyl (C=O) groups excluding carboxylic acids is 3. The minimum atomic E-state index is -3.70. The fourth-order valence-electron chi connectivity index (χ4n) is 4.89. The van der Waals surface area contributed by atoms with Crippen LogP contribution in [-0.2, 0) is 25.0 Å². The molecule has 0 aromatic carbocycles.